The highest BCUT2D eigenvalue weighted by Crippen LogP contribution is 2.27. The van der Waals surface area contributed by atoms with E-state index in [1.165, 1.54) is 23.5 Å². The minimum atomic E-state index is -0.458. The Labute approximate surface area is 171 Å². The highest BCUT2D eigenvalue weighted by molar-refractivity contribution is 7.14. The zero-order valence-corrected chi connectivity index (χ0v) is 16.8. The van der Waals surface area contributed by atoms with Crippen LogP contribution in [0.15, 0.2) is 29.6 Å². The Morgan fingerprint density at radius 2 is 2.28 bits per heavy atom. The fourth-order valence-electron chi connectivity index (χ4n) is 3.26. The average molecular weight is 418 g/mol. The third kappa shape index (κ3) is 5.58. The summed E-state index contributed by atoms with van der Waals surface area (Å²) in [6, 6.07) is 6.20. The van der Waals surface area contributed by atoms with Crippen molar-refractivity contribution in [1.29, 1.82) is 0 Å². The van der Waals surface area contributed by atoms with E-state index in [1.807, 2.05) is 4.90 Å². The van der Waals surface area contributed by atoms with Crippen LogP contribution in [0.2, 0.25) is 0 Å². The van der Waals surface area contributed by atoms with Gasteiger partial charge in [0.25, 0.3) is 5.69 Å². The highest BCUT2D eigenvalue weighted by atomic mass is 32.1. The Hall–Kier alpha value is -2.85. The van der Waals surface area contributed by atoms with Crippen molar-refractivity contribution in [3.05, 3.63) is 39.8 Å². The Bertz CT molecular complexity index is 900. The minimum Gasteiger partial charge on any atom is -0.466 e. The van der Waals surface area contributed by atoms with Crippen LogP contribution >= 0.6 is 11.3 Å². The summed E-state index contributed by atoms with van der Waals surface area (Å²) < 4.78 is 5.08. The first-order valence-corrected chi connectivity index (χ1v) is 10.2. The molecule has 1 saturated heterocycles. The summed E-state index contributed by atoms with van der Waals surface area (Å²) in [5.74, 6) is -0.620. The minimum absolute atomic E-state index is 0.0117. The van der Waals surface area contributed by atoms with Crippen LogP contribution in [-0.4, -0.2) is 52.9 Å². The Morgan fingerprint density at radius 3 is 3.03 bits per heavy atom. The van der Waals surface area contributed by atoms with Gasteiger partial charge in [-0.3, -0.25) is 24.6 Å². The number of carbonyl (C=O) groups is 2. The summed E-state index contributed by atoms with van der Waals surface area (Å²) >= 11 is 1.26. The van der Waals surface area contributed by atoms with E-state index in [4.69, 9.17) is 4.74 Å². The van der Waals surface area contributed by atoms with Crippen LogP contribution in [0.3, 0.4) is 0 Å². The third-order valence-corrected chi connectivity index (χ3v) is 5.35. The molecule has 0 spiro atoms. The summed E-state index contributed by atoms with van der Waals surface area (Å²) in [6.07, 6.45) is 1.61. The van der Waals surface area contributed by atoms with Gasteiger partial charge in [0, 0.05) is 29.6 Å². The molecule has 0 aliphatic carbocycles. The second-order valence-corrected chi connectivity index (χ2v) is 7.58. The van der Waals surface area contributed by atoms with Crippen LogP contribution in [0.4, 0.5) is 10.8 Å². The fourth-order valence-corrected chi connectivity index (χ4v) is 3.99. The molecular formula is C19H22N4O5S. The molecule has 1 aromatic carbocycles. The zero-order chi connectivity index (χ0) is 20.8. The number of rotatable bonds is 7. The maximum absolute atomic E-state index is 12.4. The van der Waals surface area contributed by atoms with Crippen molar-refractivity contribution in [2.45, 2.75) is 19.8 Å². The van der Waals surface area contributed by atoms with Gasteiger partial charge in [-0.1, -0.05) is 12.1 Å². The smallest absolute Gasteiger partial charge is 0.310 e. The summed E-state index contributed by atoms with van der Waals surface area (Å²) in [7, 11) is 0. The number of anilines is 1. The Balaban J connectivity index is 1.57. The number of hydrogen-bond donors (Lipinski definition) is 1. The molecule has 0 radical (unpaired) electrons. The van der Waals surface area contributed by atoms with Crippen LogP contribution in [0, 0.1) is 16.0 Å². The lowest BCUT2D eigenvalue weighted by atomic mass is 9.98. The lowest BCUT2D eigenvalue weighted by Crippen LogP contribution is -2.43. The topological polar surface area (TPSA) is 115 Å². The number of likely N-dealkylation sites (tertiary alicyclic amines) is 1. The van der Waals surface area contributed by atoms with Gasteiger partial charge >= 0.3 is 5.97 Å². The summed E-state index contributed by atoms with van der Waals surface area (Å²) in [6.45, 7) is 3.56. The van der Waals surface area contributed by atoms with E-state index in [-0.39, 0.29) is 30.0 Å². The van der Waals surface area contributed by atoms with E-state index >= 15 is 0 Å². The second kappa shape index (κ2) is 9.57. The van der Waals surface area contributed by atoms with E-state index in [0.29, 0.717) is 29.5 Å². The number of hydrogen-bond acceptors (Lipinski definition) is 8. The van der Waals surface area contributed by atoms with Gasteiger partial charge in [-0.05, 0) is 26.3 Å². The van der Waals surface area contributed by atoms with Gasteiger partial charge in [0.1, 0.15) is 0 Å². The van der Waals surface area contributed by atoms with Crippen molar-refractivity contribution >= 4 is 34.0 Å². The lowest BCUT2D eigenvalue weighted by Gasteiger charge is -2.30. The molecular weight excluding hydrogens is 396 g/mol. The van der Waals surface area contributed by atoms with Gasteiger partial charge in [0.15, 0.2) is 5.13 Å². The van der Waals surface area contributed by atoms with Crippen LogP contribution in [-0.2, 0) is 14.3 Å². The number of benzene rings is 1. The number of esters is 1. The number of nitrogens with zero attached hydrogens (tertiary/aromatic N) is 3. The number of thiazole rings is 1. The van der Waals surface area contributed by atoms with E-state index in [9.17, 15) is 19.7 Å². The number of aromatic nitrogens is 1. The first kappa shape index (κ1) is 20.9. The molecule has 154 valence electrons. The molecule has 2 heterocycles. The number of piperidine rings is 1. The zero-order valence-electron chi connectivity index (χ0n) is 16.0. The molecule has 29 heavy (non-hydrogen) atoms. The van der Waals surface area contributed by atoms with Gasteiger partial charge in [0.05, 0.1) is 29.7 Å². The van der Waals surface area contributed by atoms with Crippen molar-refractivity contribution < 1.29 is 19.2 Å². The van der Waals surface area contributed by atoms with E-state index in [2.05, 4.69) is 10.3 Å². The quantitative estimate of drug-likeness (QED) is 0.418. The Morgan fingerprint density at radius 1 is 1.45 bits per heavy atom. The lowest BCUT2D eigenvalue weighted by molar-refractivity contribution is -0.384. The molecule has 2 aromatic rings. The van der Waals surface area contributed by atoms with Crippen molar-refractivity contribution in [2.24, 2.45) is 5.92 Å². The number of nitro benzene ring substituents is 1. The fraction of sp³-hybridized carbons (Fsp3) is 0.421. The molecule has 1 N–H and O–H groups in total. The molecule has 0 saturated carbocycles. The molecule has 1 amide bonds. The van der Waals surface area contributed by atoms with Crippen LogP contribution in [0.1, 0.15) is 19.8 Å². The number of nitrogens with one attached hydrogen (secondary N) is 1. The van der Waals surface area contributed by atoms with Crippen LogP contribution in [0.5, 0.6) is 0 Å². The molecule has 9 nitrogen and oxygen atoms in total. The molecule has 1 atom stereocenters. The number of non-ortho nitro benzene ring substituents is 1. The summed E-state index contributed by atoms with van der Waals surface area (Å²) in [4.78, 5) is 41.1. The van der Waals surface area contributed by atoms with Crippen LogP contribution < -0.4 is 5.32 Å². The monoisotopic (exact) mass is 418 g/mol. The molecule has 0 bridgehead atoms. The first-order valence-electron chi connectivity index (χ1n) is 9.35. The molecule has 1 aliphatic rings. The van der Waals surface area contributed by atoms with Crippen molar-refractivity contribution in [3.63, 3.8) is 0 Å². The predicted molar refractivity (Wildman–Crippen MR) is 109 cm³/mol. The molecule has 3 rings (SSSR count). The van der Waals surface area contributed by atoms with E-state index in [1.54, 1.807) is 24.4 Å². The molecule has 1 fully saturated rings. The summed E-state index contributed by atoms with van der Waals surface area (Å²) in [5.41, 5.74) is 1.17. The van der Waals surface area contributed by atoms with Gasteiger partial charge in [-0.15, -0.1) is 11.3 Å². The van der Waals surface area contributed by atoms with Crippen molar-refractivity contribution in [1.82, 2.24) is 9.88 Å². The normalized spacial score (nSPS) is 16.9. The van der Waals surface area contributed by atoms with Crippen LogP contribution in [0.25, 0.3) is 11.3 Å². The number of amides is 1. The maximum atomic E-state index is 12.4. The second-order valence-electron chi connectivity index (χ2n) is 6.72. The SMILES string of the molecule is CCOC(=O)[C@H]1CCCN(CC(=O)Nc2nc(-c3cccc([N+](=O)[O-])c3)cs2)C1. The van der Waals surface area contributed by atoms with E-state index < -0.39 is 4.92 Å². The van der Waals surface area contributed by atoms with Gasteiger partial charge in [0.2, 0.25) is 5.91 Å². The Kier molecular flexibility index (Phi) is 6.89. The van der Waals surface area contributed by atoms with Gasteiger partial charge < -0.3 is 10.1 Å². The maximum Gasteiger partial charge on any atom is 0.310 e. The van der Waals surface area contributed by atoms with Gasteiger partial charge in [-0.2, -0.15) is 0 Å². The number of ether oxygens (including phenoxy) is 1. The average Bonchev–Trinajstić information content (AvgIpc) is 3.16. The van der Waals surface area contributed by atoms with Crippen molar-refractivity contribution in [2.75, 3.05) is 31.6 Å². The summed E-state index contributed by atoms with van der Waals surface area (Å²) in [5, 5.41) is 15.9. The molecule has 1 aliphatic heterocycles. The van der Waals surface area contributed by atoms with E-state index in [0.717, 1.165) is 19.4 Å². The predicted octanol–water partition coefficient (Wildman–Crippen LogP) is 2.93. The number of carbonyl (C=O) groups excluding carboxylic acids is 2. The highest BCUT2D eigenvalue weighted by Gasteiger charge is 2.27. The molecule has 1 aromatic heterocycles. The largest absolute Gasteiger partial charge is 0.466 e. The molecule has 10 heteroatoms. The van der Waals surface area contributed by atoms with Gasteiger partial charge in [-0.25, -0.2) is 4.98 Å². The standard InChI is InChI=1S/C19H22N4O5S/c1-2-28-18(25)14-6-4-8-22(10-14)11-17(24)21-19-20-16(12-29-19)13-5-3-7-15(9-13)23(26)27/h3,5,7,9,12,14H,2,4,6,8,10-11H2,1H3,(H,20,21,24)/t14-/m0/s1. The molecule has 0 unspecified atom stereocenters. The number of nitro groups is 1. The third-order valence-electron chi connectivity index (χ3n) is 4.60. The van der Waals surface area contributed by atoms with Crippen molar-refractivity contribution in [3.8, 4) is 11.3 Å². The first-order chi connectivity index (χ1) is 14.0.